The van der Waals surface area contributed by atoms with Crippen LogP contribution in [0.2, 0.25) is 0 Å². The van der Waals surface area contributed by atoms with E-state index in [1.807, 2.05) is 0 Å². The van der Waals surface area contributed by atoms with E-state index in [0.717, 1.165) is 18.2 Å². The number of rotatable bonds is 8. The van der Waals surface area contributed by atoms with Crippen molar-refractivity contribution in [3.8, 4) is 0 Å². The molecule has 1 rings (SSSR count). The predicted octanol–water partition coefficient (Wildman–Crippen LogP) is 5.98. The van der Waals surface area contributed by atoms with E-state index in [1.165, 1.54) is 0 Å². The fourth-order valence-electron chi connectivity index (χ4n) is 1.85. The molecule has 0 nitrogen and oxygen atoms in total. The van der Waals surface area contributed by atoms with Gasteiger partial charge in [-0.3, -0.25) is 0 Å². The molecule has 0 fully saturated rings. The summed E-state index contributed by atoms with van der Waals surface area (Å²) in [6, 6.07) is 3.97. The van der Waals surface area contributed by atoms with Crippen molar-refractivity contribution in [1.82, 2.24) is 0 Å². The van der Waals surface area contributed by atoms with Gasteiger partial charge >= 0.3 is 171 Å². The Morgan fingerprint density at radius 2 is 0.719 bits per heavy atom. The molecule has 0 aliphatic heterocycles. The molecule has 0 aliphatic rings. The molecule has 1 aromatic rings. The maximum absolute atomic E-state index is 13.7. The van der Waals surface area contributed by atoms with E-state index in [4.69, 9.17) is 0 Å². The first kappa shape index (κ1) is 28.6. The fraction of sp³-hybridized carbons (Fsp3) is 0.571. The summed E-state index contributed by atoms with van der Waals surface area (Å²) in [6.07, 6.45) is -7.76. The Kier molecular flexibility index (Phi) is 6.97. The Morgan fingerprint density at radius 1 is 0.406 bits per heavy atom. The normalized spacial score (nSPS) is 15.8. The van der Waals surface area contributed by atoms with Crippen molar-refractivity contribution in [1.29, 1.82) is 0 Å². The molecule has 0 aliphatic carbocycles. The van der Waals surface area contributed by atoms with Crippen LogP contribution in [0, 0.1) is 0 Å². The van der Waals surface area contributed by atoms with Crippen LogP contribution in [-0.4, -0.2) is 61.5 Å². The first-order valence-corrected chi connectivity index (χ1v) is 8.99. The van der Waals surface area contributed by atoms with Gasteiger partial charge in [-0.1, -0.05) is 0 Å². The van der Waals surface area contributed by atoms with Crippen LogP contribution in [0.15, 0.2) is 30.3 Å². The minimum atomic E-state index is -8.60. The Labute approximate surface area is 171 Å². The van der Waals surface area contributed by atoms with Gasteiger partial charge in [0.15, 0.2) is 0 Å². The van der Waals surface area contributed by atoms with E-state index < -0.39 is 66.0 Å². The van der Waals surface area contributed by atoms with Crippen LogP contribution in [0.4, 0.5) is 74.6 Å². The SMILES string of the molecule is FC(F)(F)C(F)(F)C(F)(F)C(F)(F)C(F)(F)C(F)(F)C(F)(F)C(F)(F)[Se]c1ccccc1. The summed E-state index contributed by atoms with van der Waals surface area (Å²) in [6.45, 7) is 0. The van der Waals surface area contributed by atoms with Gasteiger partial charge in [-0.25, -0.2) is 0 Å². The molecule has 32 heavy (non-hydrogen) atoms. The number of halogens is 17. The van der Waals surface area contributed by atoms with E-state index in [9.17, 15) is 74.6 Å². The summed E-state index contributed by atoms with van der Waals surface area (Å²) in [5.74, 6) is -49.6. The molecule has 0 amide bonds. The number of hydrogen-bond donors (Lipinski definition) is 0. The molecule has 0 heterocycles. The second kappa shape index (κ2) is 7.81. The van der Waals surface area contributed by atoms with Crippen molar-refractivity contribution in [2.75, 3.05) is 0 Å². The standard InChI is InChI=1S/C14H5F17Se/c15-7(16,9(19,20)11(23,24)13(27,28)29)8(17,18)10(21,22)12(25,26)14(30,31)32-6-4-2-1-3-5-6/h1-5H. The molecule has 0 bridgehead atoms. The van der Waals surface area contributed by atoms with Crippen LogP contribution in [-0.2, 0) is 0 Å². The van der Waals surface area contributed by atoms with Crippen LogP contribution in [0.5, 0.6) is 0 Å². The van der Waals surface area contributed by atoms with Crippen molar-refractivity contribution >= 4 is 19.4 Å². The third-order valence-corrected chi connectivity index (χ3v) is 5.82. The molecule has 0 aromatic heterocycles. The average Bonchev–Trinajstić information content (AvgIpc) is 2.60. The second-order valence-electron chi connectivity index (χ2n) is 5.88. The zero-order chi connectivity index (χ0) is 25.8. The molecule has 0 unspecified atom stereocenters. The zero-order valence-corrected chi connectivity index (χ0v) is 15.9. The van der Waals surface area contributed by atoms with Crippen molar-refractivity contribution < 1.29 is 74.6 Å². The van der Waals surface area contributed by atoms with Crippen LogP contribution in [0.3, 0.4) is 0 Å². The summed E-state index contributed by atoms with van der Waals surface area (Å²) >= 11 is -3.26. The molecule has 0 saturated carbocycles. The van der Waals surface area contributed by atoms with Gasteiger partial charge in [-0.05, 0) is 0 Å². The second-order valence-corrected chi connectivity index (χ2v) is 8.37. The van der Waals surface area contributed by atoms with Crippen molar-refractivity contribution in [2.45, 2.75) is 46.5 Å². The van der Waals surface area contributed by atoms with Crippen LogP contribution in [0.1, 0.15) is 0 Å². The Morgan fingerprint density at radius 3 is 1.06 bits per heavy atom. The summed E-state index contributed by atoms with van der Waals surface area (Å²) in [4.78, 5) is -6.34. The molecule has 0 saturated heterocycles. The van der Waals surface area contributed by atoms with Crippen LogP contribution >= 0.6 is 0 Å². The summed E-state index contributed by atoms with van der Waals surface area (Å²) in [7, 11) is 0. The summed E-state index contributed by atoms with van der Waals surface area (Å²) in [5, 5.41) is 0. The quantitative estimate of drug-likeness (QED) is 0.265. The molecular formula is C14H5F17Se. The van der Waals surface area contributed by atoms with Crippen LogP contribution < -0.4 is 4.46 Å². The molecule has 186 valence electrons. The molecule has 18 heteroatoms. The number of alkyl halides is 17. The van der Waals surface area contributed by atoms with E-state index in [0.29, 0.717) is 12.1 Å². The van der Waals surface area contributed by atoms with Gasteiger partial charge < -0.3 is 0 Å². The molecule has 0 radical (unpaired) electrons. The van der Waals surface area contributed by atoms with Gasteiger partial charge in [0.25, 0.3) is 0 Å². The monoisotopic (exact) mass is 576 g/mol. The first-order valence-electron chi connectivity index (χ1n) is 7.28. The van der Waals surface area contributed by atoms with E-state index in [-0.39, 0.29) is 0 Å². The van der Waals surface area contributed by atoms with E-state index >= 15 is 0 Å². The Balaban J connectivity index is 3.58. The van der Waals surface area contributed by atoms with Gasteiger partial charge in [0.2, 0.25) is 0 Å². The van der Waals surface area contributed by atoms with Crippen molar-refractivity contribution in [3.05, 3.63) is 30.3 Å². The van der Waals surface area contributed by atoms with Gasteiger partial charge in [-0.15, -0.1) is 0 Å². The molecule has 0 atom stereocenters. The van der Waals surface area contributed by atoms with E-state index in [1.54, 1.807) is 0 Å². The maximum atomic E-state index is 13.7. The summed E-state index contributed by atoms with van der Waals surface area (Å²) < 4.78 is 222. The first-order chi connectivity index (χ1) is 13.8. The average molecular weight is 575 g/mol. The third kappa shape index (κ3) is 3.90. The fourth-order valence-corrected chi connectivity index (χ4v) is 3.62. The summed E-state index contributed by atoms with van der Waals surface area (Å²) in [5.41, 5.74) is 0. The van der Waals surface area contributed by atoms with Gasteiger partial charge in [-0.2, -0.15) is 0 Å². The third-order valence-electron chi connectivity index (χ3n) is 3.68. The predicted molar refractivity (Wildman–Crippen MR) is 72.5 cm³/mol. The Hall–Kier alpha value is -1.45. The number of hydrogen-bond acceptors (Lipinski definition) is 0. The molecular weight excluding hydrogens is 570 g/mol. The molecule has 1 aromatic carbocycles. The van der Waals surface area contributed by atoms with Gasteiger partial charge in [0.1, 0.15) is 0 Å². The zero-order valence-electron chi connectivity index (χ0n) is 14.2. The topological polar surface area (TPSA) is 0 Å². The van der Waals surface area contributed by atoms with Crippen molar-refractivity contribution in [2.24, 2.45) is 0 Å². The Bertz CT molecular complexity index is 795. The van der Waals surface area contributed by atoms with Gasteiger partial charge in [0, 0.05) is 0 Å². The molecule has 0 spiro atoms. The number of benzene rings is 1. The van der Waals surface area contributed by atoms with Gasteiger partial charge in [0.05, 0.1) is 0 Å². The van der Waals surface area contributed by atoms with Crippen LogP contribution in [0.25, 0.3) is 0 Å². The van der Waals surface area contributed by atoms with E-state index in [2.05, 4.69) is 0 Å². The molecule has 0 N–H and O–H groups in total. The van der Waals surface area contributed by atoms with Crippen molar-refractivity contribution in [3.63, 3.8) is 0 Å². The minimum absolute atomic E-state index is 0.576.